The van der Waals surface area contributed by atoms with Crippen molar-refractivity contribution in [2.45, 2.75) is 25.6 Å². The first-order chi connectivity index (χ1) is 10.5. The largest absolute Gasteiger partial charge is 0.622 e. The average Bonchev–Trinajstić information content (AvgIpc) is 3.12. The van der Waals surface area contributed by atoms with Crippen LogP contribution in [-0.2, 0) is 5.66 Å². The minimum atomic E-state index is -1.16. The summed E-state index contributed by atoms with van der Waals surface area (Å²) in [6, 6.07) is 10.6. The Morgan fingerprint density at radius 2 is 2.00 bits per heavy atom. The third-order valence-electron chi connectivity index (χ3n) is 4.23. The average molecular weight is 318 g/mol. The van der Waals surface area contributed by atoms with Gasteiger partial charge in [-0.05, 0) is 42.6 Å². The predicted molar refractivity (Wildman–Crippen MR) is 85.5 cm³/mol. The lowest BCUT2D eigenvalue weighted by Gasteiger charge is -2.29. The molecule has 6 heteroatoms. The second-order valence-corrected chi connectivity index (χ2v) is 6.37. The van der Waals surface area contributed by atoms with E-state index in [1.807, 2.05) is 24.4 Å². The molecule has 1 N–H and O–H groups in total. The third-order valence-corrected chi connectivity index (χ3v) is 5.13. The van der Waals surface area contributed by atoms with E-state index < -0.39 is 5.66 Å². The molecule has 0 spiro atoms. The zero-order valence-corrected chi connectivity index (χ0v) is 13.5. The molecule has 1 aromatic carbocycles. The van der Waals surface area contributed by atoms with Crippen molar-refractivity contribution in [3.63, 3.8) is 0 Å². The van der Waals surface area contributed by atoms with Crippen LogP contribution in [0.5, 0.6) is 5.75 Å². The molecule has 3 rings (SSSR count). The fraction of sp³-hybridized carbons (Fsp3) is 0.312. The number of ether oxygens (including phenoxy) is 1. The molecule has 0 amide bonds. The van der Waals surface area contributed by atoms with Crippen molar-refractivity contribution in [1.29, 1.82) is 0 Å². The lowest BCUT2D eigenvalue weighted by atomic mass is 10.0. The van der Waals surface area contributed by atoms with Gasteiger partial charge in [0.05, 0.1) is 12.0 Å². The molecule has 0 unspecified atom stereocenters. The summed E-state index contributed by atoms with van der Waals surface area (Å²) in [7, 11) is 1.59. The summed E-state index contributed by atoms with van der Waals surface area (Å²) in [6.45, 7) is 3.55. The molecule has 5 nitrogen and oxygen atoms in total. The maximum atomic E-state index is 13.0. The number of hydrogen-bond donors (Lipinski definition) is 1. The van der Waals surface area contributed by atoms with Crippen LogP contribution >= 0.6 is 11.3 Å². The zero-order chi connectivity index (χ0) is 15.9. The summed E-state index contributed by atoms with van der Waals surface area (Å²) < 4.78 is 6.06. The highest BCUT2D eigenvalue weighted by Crippen LogP contribution is 2.37. The number of benzene rings is 1. The molecule has 0 fully saturated rings. The predicted octanol–water partition coefficient (Wildman–Crippen LogP) is 3.02. The first-order valence-corrected chi connectivity index (χ1v) is 7.89. The second kappa shape index (κ2) is 5.39. The van der Waals surface area contributed by atoms with Gasteiger partial charge in [0, 0.05) is 12.5 Å². The van der Waals surface area contributed by atoms with Crippen LogP contribution in [0.1, 0.15) is 24.3 Å². The van der Waals surface area contributed by atoms with Gasteiger partial charge in [-0.1, -0.05) is 6.07 Å². The number of thiophene rings is 1. The molecule has 2 aromatic rings. The summed E-state index contributed by atoms with van der Waals surface area (Å²) in [6.07, 6.45) is 0. The third kappa shape index (κ3) is 2.03. The first kappa shape index (κ1) is 15.0. The molecule has 1 aliphatic rings. The minimum Gasteiger partial charge on any atom is -0.622 e. The zero-order valence-electron chi connectivity index (χ0n) is 12.7. The Morgan fingerprint density at radius 1 is 1.32 bits per heavy atom. The van der Waals surface area contributed by atoms with E-state index in [1.165, 1.54) is 11.3 Å². The fourth-order valence-electron chi connectivity index (χ4n) is 2.88. The highest BCUT2D eigenvalue weighted by molar-refractivity contribution is 7.12. The van der Waals surface area contributed by atoms with Crippen molar-refractivity contribution in [2.75, 3.05) is 7.11 Å². The normalized spacial score (nSPS) is 25.7. The molecule has 1 aromatic heterocycles. The summed E-state index contributed by atoms with van der Waals surface area (Å²) in [5, 5.41) is 26.6. The second-order valence-electron chi connectivity index (χ2n) is 5.43. The SMILES string of the molecule is COc1ccc([C@]2(C)N(O)[C@@H](C)C(c3cccs3)=[N+]2[O-])cc1. The topological polar surface area (TPSA) is 58.8 Å². The maximum absolute atomic E-state index is 13.0. The Kier molecular flexibility index (Phi) is 3.68. The molecule has 0 saturated heterocycles. The van der Waals surface area contributed by atoms with Crippen LogP contribution < -0.4 is 4.74 Å². The van der Waals surface area contributed by atoms with Crippen LogP contribution in [0.15, 0.2) is 41.8 Å². The molecule has 0 radical (unpaired) electrons. The monoisotopic (exact) mass is 318 g/mol. The van der Waals surface area contributed by atoms with E-state index >= 15 is 0 Å². The molecule has 2 atom stereocenters. The van der Waals surface area contributed by atoms with Gasteiger partial charge in [0.2, 0.25) is 5.71 Å². The van der Waals surface area contributed by atoms with Crippen molar-refractivity contribution < 1.29 is 14.7 Å². The van der Waals surface area contributed by atoms with Gasteiger partial charge in [0.15, 0.2) is 0 Å². The number of methoxy groups -OCH3 is 1. The quantitative estimate of drug-likeness (QED) is 0.698. The van der Waals surface area contributed by atoms with Gasteiger partial charge < -0.3 is 15.2 Å². The van der Waals surface area contributed by atoms with E-state index in [0.29, 0.717) is 17.0 Å². The van der Waals surface area contributed by atoms with Gasteiger partial charge in [-0.25, -0.2) is 0 Å². The lowest BCUT2D eigenvalue weighted by molar-refractivity contribution is -0.595. The van der Waals surface area contributed by atoms with Gasteiger partial charge in [0.1, 0.15) is 11.8 Å². The lowest BCUT2D eigenvalue weighted by Crippen LogP contribution is -2.45. The number of hydrogen-bond acceptors (Lipinski definition) is 5. The molecular weight excluding hydrogens is 300 g/mol. The van der Waals surface area contributed by atoms with Crippen molar-refractivity contribution >= 4 is 17.0 Å². The van der Waals surface area contributed by atoms with Crippen molar-refractivity contribution in [2.24, 2.45) is 0 Å². The van der Waals surface area contributed by atoms with E-state index in [0.717, 1.165) is 14.7 Å². The Morgan fingerprint density at radius 3 is 2.55 bits per heavy atom. The van der Waals surface area contributed by atoms with E-state index in [9.17, 15) is 10.4 Å². The molecule has 0 aliphatic carbocycles. The summed E-state index contributed by atoms with van der Waals surface area (Å²) in [5.74, 6) is 0.711. The van der Waals surface area contributed by atoms with E-state index in [1.54, 1.807) is 38.3 Å². The molecule has 1 aliphatic heterocycles. The van der Waals surface area contributed by atoms with Crippen molar-refractivity contribution in [3.8, 4) is 5.75 Å². The molecular formula is C16H18N2O3S. The van der Waals surface area contributed by atoms with Gasteiger partial charge in [-0.2, -0.15) is 4.74 Å². The fourth-order valence-corrected chi connectivity index (χ4v) is 3.71. The van der Waals surface area contributed by atoms with Crippen LogP contribution in [0.25, 0.3) is 0 Å². The van der Waals surface area contributed by atoms with Crippen LogP contribution in [0, 0.1) is 5.21 Å². The van der Waals surface area contributed by atoms with Crippen LogP contribution in [0.2, 0.25) is 0 Å². The summed E-state index contributed by atoms with van der Waals surface area (Å²) in [4.78, 5) is 0.874. The number of hydroxylamine groups is 3. The standard InChI is InChI=1S/C16H18N2O3S/c1-11-15(14-5-4-10-22-14)18(20)16(2,17(11)19)12-6-8-13(21-3)9-7-12/h4-11,19H,1-3H3/t11-,16+/m0/s1. The Balaban J connectivity index is 2.11. The molecule has 0 bridgehead atoms. The molecule has 2 heterocycles. The Hall–Kier alpha value is -1.89. The Bertz CT molecular complexity index is 697. The van der Waals surface area contributed by atoms with E-state index in [2.05, 4.69) is 0 Å². The van der Waals surface area contributed by atoms with Gasteiger partial charge in [-0.3, -0.25) is 0 Å². The highest BCUT2D eigenvalue weighted by atomic mass is 32.1. The maximum Gasteiger partial charge on any atom is 0.274 e. The molecule has 22 heavy (non-hydrogen) atoms. The smallest absolute Gasteiger partial charge is 0.274 e. The van der Waals surface area contributed by atoms with Crippen LogP contribution in [0.3, 0.4) is 0 Å². The molecule has 116 valence electrons. The Labute approximate surface area is 133 Å². The van der Waals surface area contributed by atoms with Gasteiger partial charge >= 0.3 is 0 Å². The number of rotatable bonds is 3. The van der Waals surface area contributed by atoms with Crippen LogP contribution in [-0.4, -0.2) is 33.9 Å². The summed E-state index contributed by atoms with van der Waals surface area (Å²) >= 11 is 1.50. The van der Waals surface area contributed by atoms with Crippen LogP contribution in [0.4, 0.5) is 0 Å². The van der Waals surface area contributed by atoms with Crippen molar-refractivity contribution in [1.82, 2.24) is 5.06 Å². The van der Waals surface area contributed by atoms with E-state index in [4.69, 9.17) is 4.74 Å². The van der Waals surface area contributed by atoms with Gasteiger partial charge in [0.25, 0.3) is 5.66 Å². The van der Waals surface area contributed by atoms with Crippen molar-refractivity contribution in [3.05, 3.63) is 57.4 Å². The van der Waals surface area contributed by atoms with E-state index in [-0.39, 0.29) is 6.04 Å². The minimum absolute atomic E-state index is 0.386. The molecule has 0 saturated carbocycles. The number of nitrogens with zero attached hydrogens (tertiary/aromatic N) is 2. The van der Waals surface area contributed by atoms with Gasteiger partial charge in [-0.15, -0.1) is 16.4 Å². The highest BCUT2D eigenvalue weighted by Gasteiger charge is 2.54. The first-order valence-electron chi connectivity index (χ1n) is 7.01. The summed E-state index contributed by atoms with van der Waals surface area (Å²) in [5.41, 5.74) is 0.130.